The number of carboxylic acids is 1. The lowest BCUT2D eigenvalue weighted by Crippen LogP contribution is -2.35. The highest BCUT2D eigenvalue weighted by molar-refractivity contribution is 7.16. The molecule has 1 aromatic heterocycles. The number of anilines is 2. The second kappa shape index (κ2) is 7.12. The summed E-state index contributed by atoms with van der Waals surface area (Å²) < 4.78 is 5.42. The molecule has 2 amide bonds. The van der Waals surface area contributed by atoms with Crippen molar-refractivity contribution in [3.63, 3.8) is 0 Å². The highest BCUT2D eigenvalue weighted by atomic mass is 32.1. The van der Waals surface area contributed by atoms with Crippen LogP contribution in [-0.2, 0) is 14.4 Å². The average molecular weight is 375 g/mol. The Bertz CT molecular complexity index is 893. The summed E-state index contributed by atoms with van der Waals surface area (Å²) in [7, 11) is 1.69. The van der Waals surface area contributed by atoms with Gasteiger partial charge in [-0.1, -0.05) is 0 Å². The Kier molecular flexibility index (Phi) is 4.90. The van der Waals surface area contributed by atoms with Gasteiger partial charge < -0.3 is 20.1 Å². The predicted octanol–water partition coefficient (Wildman–Crippen LogP) is 2.28. The van der Waals surface area contributed by atoms with Gasteiger partial charge in [-0.2, -0.15) is 0 Å². The molecule has 0 bridgehead atoms. The molecule has 0 spiro atoms. The van der Waals surface area contributed by atoms with Crippen LogP contribution in [0.25, 0.3) is 11.3 Å². The number of hydrogen-bond acceptors (Lipinski definition) is 6. The van der Waals surface area contributed by atoms with Crippen LogP contribution in [0.2, 0.25) is 0 Å². The number of hydrogen-bond donors (Lipinski definition) is 2. The number of ether oxygens (including phenoxy) is 1. The van der Waals surface area contributed by atoms with Gasteiger partial charge in [0.1, 0.15) is 5.75 Å². The van der Waals surface area contributed by atoms with Crippen molar-refractivity contribution >= 4 is 39.9 Å². The van der Waals surface area contributed by atoms with Gasteiger partial charge in [-0.25, -0.2) is 4.98 Å². The van der Waals surface area contributed by atoms with Crippen LogP contribution in [0.3, 0.4) is 0 Å². The molecule has 2 N–H and O–H groups in total. The molecule has 1 aliphatic rings. The number of likely N-dealkylation sites (N-methyl/N-ethyl adjacent to an activating group) is 1. The molecule has 0 saturated carbocycles. The molecule has 1 aliphatic heterocycles. The number of aromatic nitrogens is 1. The van der Waals surface area contributed by atoms with Crippen molar-refractivity contribution in [2.75, 3.05) is 23.9 Å². The molecule has 2 heterocycles. The fraction of sp³-hybridized carbons (Fsp3) is 0.294. The first kappa shape index (κ1) is 17.9. The number of nitrogens with zero attached hydrogens (tertiary/aromatic N) is 2. The van der Waals surface area contributed by atoms with Gasteiger partial charge in [-0.15, -0.1) is 11.3 Å². The zero-order chi connectivity index (χ0) is 18.8. The van der Waals surface area contributed by atoms with Crippen molar-refractivity contribution in [3.8, 4) is 17.0 Å². The van der Waals surface area contributed by atoms with E-state index in [0.29, 0.717) is 22.3 Å². The molecule has 2 aromatic rings. The van der Waals surface area contributed by atoms with Crippen molar-refractivity contribution < 1.29 is 24.2 Å². The first-order valence-corrected chi connectivity index (χ1v) is 8.69. The largest absolute Gasteiger partial charge is 0.482 e. The third-order valence-electron chi connectivity index (χ3n) is 3.93. The zero-order valence-corrected chi connectivity index (χ0v) is 15.1. The van der Waals surface area contributed by atoms with E-state index in [0.717, 1.165) is 10.4 Å². The maximum Gasteiger partial charge on any atom is 0.303 e. The second-order valence-corrected chi connectivity index (χ2v) is 6.99. The molecular weight excluding hydrogens is 358 g/mol. The molecular formula is C17H17N3O5S. The lowest BCUT2D eigenvalue weighted by Gasteiger charge is -2.26. The summed E-state index contributed by atoms with van der Waals surface area (Å²) >= 11 is 1.31. The number of benzene rings is 1. The number of rotatable bonds is 5. The number of amides is 2. The molecule has 1 aromatic carbocycles. The molecule has 26 heavy (non-hydrogen) atoms. The van der Waals surface area contributed by atoms with E-state index >= 15 is 0 Å². The number of fused-ring (bicyclic) bond motifs is 1. The Morgan fingerprint density at radius 2 is 2.15 bits per heavy atom. The molecule has 0 saturated heterocycles. The van der Waals surface area contributed by atoms with E-state index in [-0.39, 0.29) is 25.4 Å². The molecule has 0 radical (unpaired) electrons. The quantitative estimate of drug-likeness (QED) is 0.830. The number of aliphatic carboxylic acids is 1. The van der Waals surface area contributed by atoms with Gasteiger partial charge in [0.25, 0.3) is 5.91 Å². The Labute approximate surface area is 153 Å². The van der Waals surface area contributed by atoms with E-state index in [4.69, 9.17) is 9.84 Å². The van der Waals surface area contributed by atoms with E-state index in [1.807, 2.05) is 19.1 Å². The summed E-state index contributed by atoms with van der Waals surface area (Å²) in [4.78, 5) is 41.0. The third kappa shape index (κ3) is 3.67. The second-order valence-electron chi connectivity index (χ2n) is 5.79. The number of thiazole rings is 1. The van der Waals surface area contributed by atoms with Gasteiger partial charge in [-0.05, 0) is 25.1 Å². The summed E-state index contributed by atoms with van der Waals surface area (Å²) in [5, 5.41) is 11.7. The minimum atomic E-state index is -1.02. The van der Waals surface area contributed by atoms with Crippen LogP contribution < -0.4 is 15.0 Å². The summed E-state index contributed by atoms with van der Waals surface area (Å²) in [5.74, 6) is -0.912. The minimum Gasteiger partial charge on any atom is -0.482 e. The summed E-state index contributed by atoms with van der Waals surface area (Å²) in [6.07, 6.45) is -0.333. The molecule has 0 aliphatic carbocycles. The summed E-state index contributed by atoms with van der Waals surface area (Å²) in [6, 6.07) is 5.46. The molecule has 8 nitrogen and oxygen atoms in total. The highest BCUT2D eigenvalue weighted by Crippen LogP contribution is 2.37. The van der Waals surface area contributed by atoms with Crippen molar-refractivity contribution in [1.82, 2.24) is 4.98 Å². The van der Waals surface area contributed by atoms with Crippen LogP contribution in [0.1, 0.15) is 17.7 Å². The smallest absolute Gasteiger partial charge is 0.303 e. The molecule has 136 valence electrons. The molecule has 0 atom stereocenters. The van der Waals surface area contributed by atoms with E-state index in [1.54, 1.807) is 18.0 Å². The Balaban J connectivity index is 1.82. The van der Waals surface area contributed by atoms with Gasteiger partial charge in [0.2, 0.25) is 5.91 Å². The number of nitrogens with one attached hydrogen (secondary N) is 1. The average Bonchev–Trinajstić information content (AvgIpc) is 2.96. The zero-order valence-electron chi connectivity index (χ0n) is 14.2. The lowest BCUT2D eigenvalue weighted by molar-refractivity contribution is -0.138. The van der Waals surface area contributed by atoms with Crippen LogP contribution in [-0.4, -0.2) is 41.5 Å². The summed E-state index contributed by atoms with van der Waals surface area (Å²) in [5.41, 5.74) is 2.16. The Morgan fingerprint density at radius 3 is 2.88 bits per heavy atom. The first-order chi connectivity index (χ1) is 12.3. The monoisotopic (exact) mass is 375 g/mol. The van der Waals surface area contributed by atoms with Crippen LogP contribution in [0.15, 0.2) is 18.2 Å². The fourth-order valence-electron chi connectivity index (χ4n) is 2.54. The maximum atomic E-state index is 11.8. The lowest BCUT2D eigenvalue weighted by atomic mass is 10.1. The van der Waals surface area contributed by atoms with E-state index < -0.39 is 11.9 Å². The van der Waals surface area contributed by atoms with E-state index in [1.165, 1.54) is 11.3 Å². The number of carboxylic acid groups (broad SMARTS) is 1. The van der Waals surface area contributed by atoms with Gasteiger partial charge in [0, 0.05) is 23.9 Å². The molecule has 3 rings (SSSR count). The number of aryl methyl sites for hydroxylation is 1. The SMILES string of the molecule is Cc1sc(NC(=O)CCC(=O)O)nc1-c1ccc2c(c1)N(C)C(=O)CO2. The Hall–Kier alpha value is -2.94. The van der Waals surface area contributed by atoms with Gasteiger partial charge >= 0.3 is 5.97 Å². The number of carbonyl (C=O) groups excluding carboxylic acids is 2. The molecule has 0 fully saturated rings. The van der Waals surface area contributed by atoms with Crippen LogP contribution in [0.4, 0.5) is 10.8 Å². The third-order valence-corrected chi connectivity index (χ3v) is 4.81. The van der Waals surface area contributed by atoms with Crippen molar-refractivity contribution in [2.45, 2.75) is 19.8 Å². The fourth-order valence-corrected chi connectivity index (χ4v) is 3.39. The topological polar surface area (TPSA) is 109 Å². The van der Waals surface area contributed by atoms with E-state index in [9.17, 15) is 14.4 Å². The van der Waals surface area contributed by atoms with Crippen LogP contribution in [0, 0.1) is 6.92 Å². The van der Waals surface area contributed by atoms with Crippen LogP contribution >= 0.6 is 11.3 Å². The van der Waals surface area contributed by atoms with Crippen LogP contribution in [0.5, 0.6) is 5.75 Å². The number of carbonyl (C=O) groups is 3. The molecule has 0 unspecified atom stereocenters. The van der Waals surface area contributed by atoms with Gasteiger partial charge in [-0.3, -0.25) is 14.4 Å². The molecule has 9 heteroatoms. The van der Waals surface area contributed by atoms with Crippen molar-refractivity contribution in [3.05, 3.63) is 23.1 Å². The Morgan fingerprint density at radius 1 is 1.38 bits per heavy atom. The summed E-state index contributed by atoms with van der Waals surface area (Å²) in [6.45, 7) is 1.90. The van der Waals surface area contributed by atoms with Crippen molar-refractivity contribution in [1.29, 1.82) is 0 Å². The predicted molar refractivity (Wildman–Crippen MR) is 96.7 cm³/mol. The van der Waals surface area contributed by atoms with Gasteiger partial charge in [0.05, 0.1) is 17.8 Å². The van der Waals surface area contributed by atoms with E-state index in [2.05, 4.69) is 10.3 Å². The first-order valence-electron chi connectivity index (χ1n) is 7.88. The standard InChI is InChI=1S/C17H17N3O5S/c1-9-16(19-17(26-9)18-13(21)5-6-15(23)24)10-3-4-12-11(7-10)20(2)14(22)8-25-12/h3-4,7H,5-6,8H2,1-2H3,(H,23,24)(H,18,19,21). The van der Waals surface area contributed by atoms with Crippen molar-refractivity contribution in [2.24, 2.45) is 0 Å². The maximum absolute atomic E-state index is 11.8. The normalized spacial score (nSPS) is 13.2. The minimum absolute atomic E-state index is 0.0189. The van der Waals surface area contributed by atoms with Gasteiger partial charge in [0.15, 0.2) is 11.7 Å². The highest BCUT2D eigenvalue weighted by Gasteiger charge is 2.23.